The predicted molar refractivity (Wildman–Crippen MR) is 66.9 cm³/mol. The van der Waals surface area contributed by atoms with Gasteiger partial charge in [-0.2, -0.15) is 13.2 Å². The Hall–Kier alpha value is -1.49. The number of hydrogen-bond acceptors (Lipinski definition) is 2. The number of hydrogen-bond donors (Lipinski definition) is 1. The monoisotopic (exact) mass is 274 g/mol. The largest absolute Gasteiger partial charge is 0.508 e. The molecule has 19 heavy (non-hydrogen) atoms. The van der Waals surface area contributed by atoms with Gasteiger partial charge in [0.2, 0.25) is 0 Å². The van der Waals surface area contributed by atoms with Gasteiger partial charge in [0.25, 0.3) is 0 Å². The smallest absolute Gasteiger partial charge is 0.416 e. The van der Waals surface area contributed by atoms with Gasteiger partial charge in [-0.1, -0.05) is 6.08 Å². The van der Waals surface area contributed by atoms with Crippen molar-refractivity contribution >= 4 is 0 Å². The fourth-order valence-electron chi connectivity index (χ4n) is 1.84. The molecule has 1 N–H and O–H groups in total. The molecule has 0 saturated carbocycles. The highest BCUT2D eigenvalue weighted by atomic mass is 19.4. The molecule has 0 fully saturated rings. The van der Waals surface area contributed by atoms with Crippen LogP contribution in [0.4, 0.5) is 13.2 Å². The van der Waals surface area contributed by atoms with E-state index in [2.05, 4.69) is 6.58 Å². The minimum atomic E-state index is -4.43. The topological polar surface area (TPSA) is 29.5 Å². The molecule has 1 atom stereocenters. The van der Waals surface area contributed by atoms with E-state index in [-0.39, 0.29) is 11.3 Å². The van der Waals surface area contributed by atoms with Crippen molar-refractivity contribution < 1.29 is 23.0 Å². The Labute approximate surface area is 110 Å². The number of methoxy groups -OCH3 is 1. The van der Waals surface area contributed by atoms with Crippen molar-refractivity contribution in [3.63, 3.8) is 0 Å². The molecule has 5 heteroatoms. The molecule has 0 aliphatic heterocycles. The first-order valence-corrected chi connectivity index (χ1v) is 5.94. The molecular formula is C14H17F3O2. The van der Waals surface area contributed by atoms with Gasteiger partial charge in [0.05, 0.1) is 11.7 Å². The molecular weight excluding hydrogens is 257 g/mol. The van der Waals surface area contributed by atoms with Crippen LogP contribution in [0.15, 0.2) is 30.9 Å². The number of phenolic OH excluding ortho intramolecular Hbond substituents is 1. The van der Waals surface area contributed by atoms with Gasteiger partial charge in [0.15, 0.2) is 0 Å². The molecule has 0 saturated heterocycles. The van der Waals surface area contributed by atoms with Crippen LogP contribution in [0.2, 0.25) is 0 Å². The number of benzene rings is 1. The average Bonchev–Trinajstić information content (AvgIpc) is 2.34. The molecule has 0 aliphatic rings. The van der Waals surface area contributed by atoms with Crippen LogP contribution in [-0.2, 0) is 10.9 Å². The minimum absolute atomic E-state index is 0.168. The molecule has 0 amide bonds. The summed E-state index contributed by atoms with van der Waals surface area (Å²) < 4.78 is 43.1. The Morgan fingerprint density at radius 2 is 2.11 bits per heavy atom. The highest BCUT2D eigenvalue weighted by Gasteiger charge is 2.31. The summed E-state index contributed by atoms with van der Waals surface area (Å²) in [5.41, 5.74) is -0.618. The molecule has 1 rings (SSSR count). The normalized spacial score (nSPS) is 13.3. The number of unbranched alkanes of at least 4 members (excludes halogenated alkanes) is 1. The van der Waals surface area contributed by atoms with Crippen LogP contribution >= 0.6 is 0 Å². The maximum Gasteiger partial charge on any atom is 0.416 e. The van der Waals surface area contributed by atoms with Crippen LogP contribution < -0.4 is 0 Å². The van der Waals surface area contributed by atoms with Crippen LogP contribution in [0.1, 0.15) is 36.5 Å². The van der Waals surface area contributed by atoms with Crippen LogP contribution in [0.3, 0.4) is 0 Å². The zero-order valence-electron chi connectivity index (χ0n) is 10.7. The number of allylic oxidation sites excluding steroid dienone is 1. The van der Waals surface area contributed by atoms with Crippen LogP contribution in [0.5, 0.6) is 5.75 Å². The molecule has 0 heterocycles. The molecule has 0 spiro atoms. The number of halogens is 3. The van der Waals surface area contributed by atoms with Gasteiger partial charge in [-0.25, -0.2) is 0 Å². The number of phenols is 1. The minimum Gasteiger partial charge on any atom is -0.508 e. The van der Waals surface area contributed by atoms with Crippen LogP contribution in [-0.4, -0.2) is 12.2 Å². The van der Waals surface area contributed by atoms with Crippen molar-refractivity contribution in [3.8, 4) is 5.75 Å². The molecule has 106 valence electrons. The van der Waals surface area contributed by atoms with Gasteiger partial charge in [0, 0.05) is 12.7 Å². The summed E-state index contributed by atoms with van der Waals surface area (Å²) in [5, 5.41) is 9.69. The average molecular weight is 274 g/mol. The lowest BCUT2D eigenvalue weighted by Gasteiger charge is -2.18. The summed E-state index contributed by atoms with van der Waals surface area (Å²) in [6.45, 7) is 3.58. The maximum absolute atomic E-state index is 12.6. The second-order valence-corrected chi connectivity index (χ2v) is 4.22. The molecule has 2 nitrogen and oxygen atoms in total. The molecule has 0 aliphatic carbocycles. The summed E-state index contributed by atoms with van der Waals surface area (Å²) in [6.07, 6.45) is -1.24. The maximum atomic E-state index is 12.6. The molecule has 0 radical (unpaired) electrons. The highest BCUT2D eigenvalue weighted by molar-refractivity contribution is 5.38. The first-order valence-electron chi connectivity index (χ1n) is 5.94. The molecule has 1 unspecified atom stereocenters. The lowest BCUT2D eigenvalue weighted by atomic mass is 10.00. The number of alkyl halides is 3. The number of aromatic hydroxyl groups is 1. The molecule has 0 aromatic heterocycles. The van der Waals surface area contributed by atoms with Crippen molar-refractivity contribution in [2.45, 2.75) is 31.5 Å². The fraction of sp³-hybridized carbons (Fsp3) is 0.429. The zero-order chi connectivity index (χ0) is 14.5. The standard InChI is InChI=1S/C14H17F3O2/c1-3-4-5-6-13(19-2)11-9-10(14(15,16)17)7-8-12(11)18/h3,7-9,13,18H,1,4-6H2,2H3. The molecule has 1 aromatic rings. The van der Waals surface area contributed by atoms with E-state index < -0.39 is 17.8 Å². The first-order chi connectivity index (χ1) is 8.90. The van der Waals surface area contributed by atoms with Crippen molar-refractivity contribution in [2.24, 2.45) is 0 Å². The Morgan fingerprint density at radius 3 is 2.63 bits per heavy atom. The van der Waals surface area contributed by atoms with Crippen LogP contribution in [0.25, 0.3) is 0 Å². The van der Waals surface area contributed by atoms with E-state index in [0.29, 0.717) is 6.42 Å². The van der Waals surface area contributed by atoms with Gasteiger partial charge in [0.1, 0.15) is 5.75 Å². The quantitative estimate of drug-likeness (QED) is 0.613. The lowest BCUT2D eigenvalue weighted by Crippen LogP contribution is -2.08. The summed E-state index contributed by atoms with van der Waals surface area (Å²) in [6, 6.07) is 2.85. The van der Waals surface area contributed by atoms with Crippen LogP contribution in [0, 0.1) is 0 Å². The Morgan fingerprint density at radius 1 is 1.42 bits per heavy atom. The third kappa shape index (κ3) is 4.28. The highest BCUT2D eigenvalue weighted by Crippen LogP contribution is 2.36. The summed E-state index contributed by atoms with van der Waals surface area (Å²) in [5.74, 6) is -0.182. The van der Waals surface area contributed by atoms with E-state index in [4.69, 9.17) is 4.74 Å². The van der Waals surface area contributed by atoms with Crippen molar-refractivity contribution in [1.29, 1.82) is 0 Å². The Balaban J connectivity index is 2.98. The van der Waals surface area contributed by atoms with E-state index in [1.54, 1.807) is 6.08 Å². The van der Waals surface area contributed by atoms with Crippen molar-refractivity contribution in [3.05, 3.63) is 42.0 Å². The first kappa shape index (κ1) is 15.6. The number of rotatable bonds is 6. The van der Waals surface area contributed by atoms with Gasteiger partial charge in [-0.05, 0) is 37.5 Å². The fourth-order valence-corrected chi connectivity index (χ4v) is 1.84. The second-order valence-electron chi connectivity index (χ2n) is 4.22. The van der Waals surface area contributed by atoms with E-state index in [1.807, 2.05) is 0 Å². The van der Waals surface area contributed by atoms with Crippen molar-refractivity contribution in [2.75, 3.05) is 7.11 Å². The van der Waals surface area contributed by atoms with Crippen molar-refractivity contribution in [1.82, 2.24) is 0 Å². The third-order valence-corrected chi connectivity index (χ3v) is 2.86. The Kier molecular flexibility index (Phi) is 5.42. The lowest BCUT2D eigenvalue weighted by molar-refractivity contribution is -0.137. The van der Waals surface area contributed by atoms with E-state index >= 15 is 0 Å². The predicted octanol–water partition coefficient (Wildman–Crippen LogP) is 4.45. The third-order valence-electron chi connectivity index (χ3n) is 2.86. The SMILES string of the molecule is C=CCCCC(OC)c1cc(C(F)(F)F)ccc1O. The Bertz CT molecular complexity index is 427. The van der Waals surface area contributed by atoms with E-state index in [1.165, 1.54) is 7.11 Å². The number of ether oxygens (including phenoxy) is 1. The van der Waals surface area contributed by atoms with Gasteiger partial charge >= 0.3 is 6.18 Å². The zero-order valence-corrected chi connectivity index (χ0v) is 10.7. The second kappa shape index (κ2) is 6.61. The van der Waals surface area contributed by atoms with E-state index in [0.717, 1.165) is 31.0 Å². The molecule has 1 aromatic carbocycles. The summed E-state index contributed by atoms with van der Waals surface area (Å²) >= 11 is 0. The molecule has 0 bridgehead atoms. The van der Waals surface area contributed by atoms with Gasteiger partial charge < -0.3 is 9.84 Å². The van der Waals surface area contributed by atoms with Gasteiger partial charge in [-0.3, -0.25) is 0 Å². The summed E-state index contributed by atoms with van der Waals surface area (Å²) in [4.78, 5) is 0. The summed E-state index contributed by atoms with van der Waals surface area (Å²) in [7, 11) is 1.41. The van der Waals surface area contributed by atoms with Gasteiger partial charge in [-0.15, -0.1) is 6.58 Å². The van der Waals surface area contributed by atoms with E-state index in [9.17, 15) is 18.3 Å².